The number of halogens is 3. The number of hydrogen-bond acceptors (Lipinski definition) is 3. The zero-order chi connectivity index (χ0) is 18.0. The Morgan fingerprint density at radius 3 is 2.40 bits per heavy atom. The van der Waals surface area contributed by atoms with Crippen molar-refractivity contribution in [2.24, 2.45) is 0 Å². The Bertz CT molecular complexity index is 890. The molecule has 0 aliphatic heterocycles. The van der Waals surface area contributed by atoms with Crippen molar-refractivity contribution >= 4 is 22.3 Å². The number of aromatic nitrogens is 1. The second kappa shape index (κ2) is 6.63. The summed E-state index contributed by atoms with van der Waals surface area (Å²) in [6, 6.07) is 12.8. The third kappa shape index (κ3) is 3.84. The summed E-state index contributed by atoms with van der Waals surface area (Å²) in [6.45, 7) is 4.25. The van der Waals surface area contributed by atoms with Crippen molar-refractivity contribution in [3.8, 4) is 5.75 Å². The van der Waals surface area contributed by atoms with Gasteiger partial charge in [-0.05, 0) is 56.3 Å². The second-order valence-electron chi connectivity index (χ2n) is 5.62. The smallest absolute Gasteiger partial charge is 0.416 e. The Labute approximate surface area is 143 Å². The molecule has 0 spiro atoms. The minimum atomic E-state index is -4.39. The fraction of sp³-hybridized carbons (Fsp3) is 0.211. The van der Waals surface area contributed by atoms with E-state index in [1.165, 1.54) is 6.07 Å². The molecule has 1 aromatic heterocycles. The minimum absolute atomic E-state index is 0.309. The molecule has 0 saturated carbocycles. The van der Waals surface area contributed by atoms with Crippen LogP contribution < -0.4 is 10.1 Å². The highest BCUT2D eigenvalue weighted by molar-refractivity contribution is 5.93. The van der Waals surface area contributed by atoms with Crippen LogP contribution in [0.1, 0.15) is 18.2 Å². The van der Waals surface area contributed by atoms with Crippen molar-refractivity contribution in [1.29, 1.82) is 0 Å². The van der Waals surface area contributed by atoms with Crippen LogP contribution in [0.3, 0.4) is 0 Å². The van der Waals surface area contributed by atoms with Gasteiger partial charge >= 0.3 is 6.18 Å². The molecular weight excluding hydrogens is 329 g/mol. The molecule has 0 aliphatic rings. The molecular formula is C19H17F3N2O. The van der Waals surface area contributed by atoms with Crippen LogP contribution in [-0.4, -0.2) is 11.6 Å². The lowest BCUT2D eigenvalue weighted by Crippen LogP contribution is -2.05. The monoisotopic (exact) mass is 346 g/mol. The van der Waals surface area contributed by atoms with E-state index in [1.54, 1.807) is 6.92 Å². The number of nitrogens with zero attached hydrogens (tertiary/aromatic N) is 1. The number of rotatable bonds is 4. The molecule has 0 fully saturated rings. The van der Waals surface area contributed by atoms with Crippen LogP contribution in [0.4, 0.5) is 24.5 Å². The Kier molecular flexibility index (Phi) is 4.53. The summed E-state index contributed by atoms with van der Waals surface area (Å²) < 4.78 is 44.1. The summed E-state index contributed by atoms with van der Waals surface area (Å²) in [5.41, 5.74) is 1.77. The second-order valence-corrected chi connectivity index (χ2v) is 5.62. The first-order chi connectivity index (χ1) is 11.9. The van der Waals surface area contributed by atoms with Gasteiger partial charge < -0.3 is 10.1 Å². The molecule has 0 bridgehead atoms. The molecule has 3 nitrogen and oxygen atoms in total. The first-order valence-electron chi connectivity index (χ1n) is 7.85. The van der Waals surface area contributed by atoms with Crippen molar-refractivity contribution in [2.45, 2.75) is 20.0 Å². The molecule has 0 unspecified atom stereocenters. The molecule has 130 valence electrons. The standard InChI is InChI=1S/C19H17F3N2O/c1-3-25-15-7-5-14(6-8-15)24-17-10-12(2)23-18-11-13(19(20,21)22)4-9-16(17)18/h4-11H,3H2,1-2H3,(H,23,24). The first-order valence-corrected chi connectivity index (χ1v) is 7.85. The summed E-state index contributed by atoms with van der Waals surface area (Å²) in [4.78, 5) is 4.23. The predicted molar refractivity (Wildman–Crippen MR) is 92.4 cm³/mol. The minimum Gasteiger partial charge on any atom is -0.494 e. The lowest BCUT2D eigenvalue weighted by atomic mass is 10.1. The van der Waals surface area contributed by atoms with E-state index in [0.717, 1.165) is 23.6 Å². The van der Waals surface area contributed by atoms with Gasteiger partial charge in [0.25, 0.3) is 0 Å². The van der Waals surface area contributed by atoms with Gasteiger partial charge in [-0.1, -0.05) is 6.07 Å². The molecule has 0 saturated heterocycles. The highest BCUT2D eigenvalue weighted by Crippen LogP contribution is 2.34. The molecule has 0 amide bonds. The number of aryl methyl sites for hydroxylation is 1. The van der Waals surface area contributed by atoms with Gasteiger partial charge in [0.15, 0.2) is 0 Å². The van der Waals surface area contributed by atoms with Crippen LogP contribution in [0.15, 0.2) is 48.5 Å². The Morgan fingerprint density at radius 2 is 1.76 bits per heavy atom. The Hall–Kier alpha value is -2.76. The molecule has 1 heterocycles. The molecule has 25 heavy (non-hydrogen) atoms. The van der Waals surface area contributed by atoms with Crippen LogP contribution >= 0.6 is 0 Å². The maximum atomic E-state index is 12.9. The van der Waals surface area contributed by atoms with Gasteiger partial charge in [0.2, 0.25) is 0 Å². The van der Waals surface area contributed by atoms with E-state index in [2.05, 4.69) is 10.3 Å². The molecule has 2 aromatic carbocycles. The van der Waals surface area contributed by atoms with Crippen LogP contribution in [0.5, 0.6) is 5.75 Å². The van der Waals surface area contributed by atoms with E-state index in [1.807, 2.05) is 37.3 Å². The number of alkyl halides is 3. The van der Waals surface area contributed by atoms with Gasteiger partial charge in [-0.25, -0.2) is 0 Å². The van der Waals surface area contributed by atoms with E-state index < -0.39 is 11.7 Å². The molecule has 3 aromatic rings. The third-order valence-electron chi connectivity index (χ3n) is 3.71. The van der Waals surface area contributed by atoms with Gasteiger partial charge in [-0.2, -0.15) is 13.2 Å². The predicted octanol–water partition coefficient (Wildman–Crippen LogP) is 5.70. The van der Waals surface area contributed by atoms with E-state index >= 15 is 0 Å². The maximum absolute atomic E-state index is 12.9. The van der Waals surface area contributed by atoms with Crippen molar-refractivity contribution in [3.05, 3.63) is 59.8 Å². The normalized spacial score (nSPS) is 11.6. The number of fused-ring (bicyclic) bond motifs is 1. The van der Waals surface area contributed by atoms with E-state index in [4.69, 9.17) is 4.74 Å². The molecule has 3 rings (SSSR count). The lowest BCUT2D eigenvalue weighted by Gasteiger charge is -2.13. The Morgan fingerprint density at radius 1 is 1.04 bits per heavy atom. The number of nitrogens with one attached hydrogen (secondary N) is 1. The molecule has 6 heteroatoms. The van der Waals surface area contributed by atoms with Gasteiger partial charge in [-0.3, -0.25) is 4.98 Å². The first kappa shape index (κ1) is 17.1. The molecule has 1 N–H and O–H groups in total. The average molecular weight is 346 g/mol. The summed E-state index contributed by atoms with van der Waals surface area (Å²) in [6.07, 6.45) is -4.39. The van der Waals surface area contributed by atoms with E-state index in [-0.39, 0.29) is 0 Å². The largest absolute Gasteiger partial charge is 0.494 e. The van der Waals surface area contributed by atoms with Gasteiger partial charge in [0, 0.05) is 22.5 Å². The quantitative estimate of drug-likeness (QED) is 0.657. The topological polar surface area (TPSA) is 34.1 Å². The lowest BCUT2D eigenvalue weighted by molar-refractivity contribution is -0.137. The zero-order valence-corrected chi connectivity index (χ0v) is 13.8. The van der Waals surface area contributed by atoms with E-state index in [9.17, 15) is 13.2 Å². The summed E-state index contributed by atoms with van der Waals surface area (Å²) in [7, 11) is 0. The van der Waals surface area contributed by atoms with Crippen LogP contribution in [0.2, 0.25) is 0 Å². The number of ether oxygens (including phenoxy) is 1. The van der Waals surface area contributed by atoms with Crippen molar-refractivity contribution in [2.75, 3.05) is 11.9 Å². The van der Waals surface area contributed by atoms with Crippen LogP contribution in [0, 0.1) is 6.92 Å². The highest BCUT2D eigenvalue weighted by Gasteiger charge is 2.30. The number of hydrogen-bond donors (Lipinski definition) is 1. The number of benzene rings is 2. The maximum Gasteiger partial charge on any atom is 0.416 e. The van der Waals surface area contributed by atoms with Crippen molar-refractivity contribution in [3.63, 3.8) is 0 Å². The van der Waals surface area contributed by atoms with Gasteiger partial charge in [0.1, 0.15) is 5.75 Å². The Balaban J connectivity index is 1.98. The molecule has 0 atom stereocenters. The molecule has 0 aliphatic carbocycles. The van der Waals surface area contributed by atoms with Crippen LogP contribution in [-0.2, 0) is 6.18 Å². The van der Waals surface area contributed by atoms with Crippen molar-refractivity contribution < 1.29 is 17.9 Å². The van der Waals surface area contributed by atoms with Gasteiger partial charge in [0.05, 0.1) is 17.7 Å². The zero-order valence-electron chi connectivity index (χ0n) is 13.8. The number of pyridine rings is 1. The average Bonchev–Trinajstić information content (AvgIpc) is 2.55. The van der Waals surface area contributed by atoms with Crippen LogP contribution in [0.25, 0.3) is 10.9 Å². The third-order valence-corrected chi connectivity index (χ3v) is 3.71. The fourth-order valence-corrected chi connectivity index (χ4v) is 2.60. The van der Waals surface area contributed by atoms with Crippen molar-refractivity contribution in [1.82, 2.24) is 4.98 Å². The number of anilines is 2. The molecule has 0 radical (unpaired) electrons. The summed E-state index contributed by atoms with van der Waals surface area (Å²) in [5.74, 6) is 0.763. The fourth-order valence-electron chi connectivity index (χ4n) is 2.60. The summed E-state index contributed by atoms with van der Waals surface area (Å²) in [5, 5.41) is 3.87. The van der Waals surface area contributed by atoms with Gasteiger partial charge in [-0.15, -0.1) is 0 Å². The SMILES string of the molecule is CCOc1ccc(Nc2cc(C)nc3cc(C(F)(F)F)ccc23)cc1. The van der Waals surface area contributed by atoms with E-state index in [0.29, 0.717) is 28.9 Å². The summed E-state index contributed by atoms with van der Waals surface area (Å²) >= 11 is 0. The highest BCUT2D eigenvalue weighted by atomic mass is 19.4.